The van der Waals surface area contributed by atoms with E-state index < -0.39 is 6.10 Å². The average molecular weight is 449 g/mol. The third-order valence-electron chi connectivity index (χ3n) is 4.90. The van der Waals surface area contributed by atoms with Crippen molar-refractivity contribution < 1.29 is 19.1 Å². The first kappa shape index (κ1) is 23.7. The Morgan fingerprint density at radius 1 is 1.23 bits per heavy atom. The molecule has 5 nitrogen and oxygen atoms in total. The number of nitrogens with zero attached hydrogens (tertiary/aromatic N) is 2. The Balaban J connectivity index is 1.60. The van der Waals surface area contributed by atoms with Crippen LogP contribution in [-0.4, -0.2) is 54.2 Å². The zero-order valence-corrected chi connectivity index (χ0v) is 18.8. The van der Waals surface area contributed by atoms with Gasteiger partial charge in [-0.3, -0.25) is 4.90 Å². The Morgan fingerprint density at radius 2 is 2.00 bits per heavy atom. The zero-order chi connectivity index (χ0) is 22.2. The molecule has 1 aliphatic rings. The lowest BCUT2D eigenvalue weighted by Crippen LogP contribution is -2.39. The summed E-state index contributed by atoms with van der Waals surface area (Å²) in [6.07, 6.45) is -0.144. The molecular weight excluding hydrogens is 419 g/mol. The van der Waals surface area contributed by atoms with Crippen LogP contribution in [0.5, 0.6) is 0 Å². The molecule has 1 N–H and O–H groups in total. The zero-order valence-electron chi connectivity index (χ0n) is 18.0. The molecule has 7 heteroatoms. The Labute approximate surface area is 188 Å². The highest BCUT2D eigenvalue weighted by Gasteiger charge is 2.26. The van der Waals surface area contributed by atoms with Crippen LogP contribution in [0.3, 0.4) is 0 Å². The lowest BCUT2D eigenvalue weighted by Gasteiger charge is -2.27. The molecule has 1 heterocycles. The molecule has 31 heavy (non-hydrogen) atoms. The normalized spacial score (nSPS) is 17.1. The summed E-state index contributed by atoms with van der Waals surface area (Å²) in [6, 6.07) is 14.0. The van der Waals surface area contributed by atoms with Gasteiger partial charge in [0.25, 0.3) is 0 Å². The Morgan fingerprint density at radius 3 is 2.71 bits per heavy atom. The molecule has 0 radical (unpaired) electrons. The highest BCUT2D eigenvalue weighted by molar-refractivity contribution is 6.30. The quantitative estimate of drug-likeness (QED) is 0.549. The van der Waals surface area contributed by atoms with Crippen molar-refractivity contribution in [1.29, 1.82) is 0 Å². The van der Waals surface area contributed by atoms with E-state index in [0.717, 1.165) is 16.8 Å². The van der Waals surface area contributed by atoms with Gasteiger partial charge in [-0.25, -0.2) is 4.39 Å². The fourth-order valence-corrected chi connectivity index (χ4v) is 3.64. The van der Waals surface area contributed by atoms with Crippen LogP contribution in [0.4, 0.5) is 4.39 Å². The van der Waals surface area contributed by atoms with Crippen molar-refractivity contribution in [2.75, 3.05) is 26.3 Å². The van der Waals surface area contributed by atoms with Crippen LogP contribution in [0.25, 0.3) is 0 Å². The lowest BCUT2D eigenvalue weighted by atomic mass is 10.0. The van der Waals surface area contributed by atoms with Gasteiger partial charge in [0.15, 0.2) is 0 Å². The van der Waals surface area contributed by atoms with Crippen LogP contribution < -0.4 is 0 Å². The van der Waals surface area contributed by atoms with E-state index in [9.17, 15) is 9.50 Å². The number of benzene rings is 2. The van der Waals surface area contributed by atoms with E-state index in [1.807, 2.05) is 30.3 Å². The highest BCUT2D eigenvalue weighted by atomic mass is 35.5. The summed E-state index contributed by atoms with van der Waals surface area (Å²) in [4.78, 5) is 7.72. The number of aliphatic hydroxyl groups excluding tert-OH is 1. The van der Waals surface area contributed by atoms with Crippen molar-refractivity contribution >= 4 is 17.3 Å². The summed E-state index contributed by atoms with van der Waals surface area (Å²) in [5.41, 5.74) is 2.69. The number of hydrogen-bond donors (Lipinski definition) is 1. The molecule has 0 saturated heterocycles. The summed E-state index contributed by atoms with van der Waals surface area (Å²) in [5, 5.41) is 15.4. The first-order valence-electron chi connectivity index (χ1n) is 10.6. The van der Waals surface area contributed by atoms with Gasteiger partial charge in [-0.1, -0.05) is 54.9 Å². The summed E-state index contributed by atoms with van der Waals surface area (Å²) >= 11 is 5.97. The maximum Gasteiger partial charge on any atom is 0.145 e. The maximum absolute atomic E-state index is 13.7. The first-order valence-corrected chi connectivity index (χ1v) is 11.0. The van der Waals surface area contributed by atoms with E-state index in [1.54, 1.807) is 6.07 Å². The van der Waals surface area contributed by atoms with Gasteiger partial charge in [0, 0.05) is 37.7 Å². The molecule has 2 atom stereocenters. The standard InChI is InChI=1S/C24H30ClFN2O3/c1-17(2)15-30-16-22(29)13-28(12-18-4-3-5-21(26)10-18)14-23-11-24(27-31-23)19-6-8-20(25)9-7-19/h3-10,17,22-23,29H,11-16H2,1-2H3. The number of oxime groups is 1. The topological polar surface area (TPSA) is 54.3 Å². The summed E-state index contributed by atoms with van der Waals surface area (Å²) < 4.78 is 19.2. The molecule has 0 aromatic heterocycles. The number of halogens is 2. The van der Waals surface area contributed by atoms with Gasteiger partial charge in [0.05, 0.1) is 18.4 Å². The number of hydrogen-bond acceptors (Lipinski definition) is 5. The second-order valence-corrected chi connectivity index (χ2v) is 8.82. The van der Waals surface area contributed by atoms with Crippen LogP contribution in [-0.2, 0) is 16.1 Å². The highest BCUT2D eigenvalue weighted by Crippen LogP contribution is 2.20. The molecule has 2 unspecified atom stereocenters. The molecule has 2 aromatic carbocycles. The average Bonchev–Trinajstić information content (AvgIpc) is 3.16. The molecule has 0 aliphatic carbocycles. The van der Waals surface area contributed by atoms with E-state index in [-0.39, 0.29) is 18.5 Å². The van der Waals surface area contributed by atoms with E-state index in [1.165, 1.54) is 12.1 Å². The Bertz CT molecular complexity index is 860. The predicted octanol–water partition coefficient (Wildman–Crippen LogP) is 4.51. The first-order chi connectivity index (χ1) is 14.9. The third kappa shape index (κ3) is 7.89. The summed E-state index contributed by atoms with van der Waals surface area (Å²) in [6.45, 7) is 6.44. The molecule has 0 amide bonds. The lowest BCUT2D eigenvalue weighted by molar-refractivity contribution is -0.00735. The van der Waals surface area contributed by atoms with Crippen LogP contribution in [0.15, 0.2) is 53.7 Å². The van der Waals surface area contributed by atoms with Crippen molar-refractivity contribution in [3.63, 3.8) is 0 Å². The molecule has 0 bridgehead atoms. The monoisotopic (exact) mass is 448 g/mol. The van der Waals surface area contributed by atoms with Crippen molar-refractivity contribution in [2.45, 2.75) is 39.0 Å². The number of ether oxygens (including phenoxy) is 1. The van der Waals surface area contributed by atoms with Gasteiger partial charge >= 0.3 is 0 Å². The number of aliphatic hydroxyl groups is 1. The Hall–Kier alpha value is -1.99. The SMILES string of the molecule is CC(C)COCC(O)CN(Cc1cccc(F)c1)CC1CC(c2ccc(Cl)cc2)=NO1. The molecule has 3 rings (SSSR count). The van der Waals surface area contributed by atoms with E-state index in [4.69, 9.17) is 21.2 Å². The molecular formula is C24H30ClFN2O3. The van der Waals surface area contributed by atoms with Crippen molar-refractivity contribution in [3.05, 3.63) is 70.5 Å². The molecule has 0 saturated carbocycles. The van der Waals surface area contributed by atoms with Crippen LogP contribution in [0.1, 0.15) is 31.4 Å². The second kappa shape index (κ2) is 11.6. The van der Waals surface area contributed by atoms with Crippen molar-refractivity contribution in [1.82, 2.24) is 4.90 Å². The van der Waals surface area contributed by atoms with Gasteiger partial charge in [-0.15, -0.1) is 0 Å². The van der Waals surface area contributed by atoms with E-state index in [0.29, 0.717) is 43.6 Å². The predicted molar refractivity (Wildman–Crippen MR) is 121 cm³/mol. The van der Waals surface area contributed by atoms with Crippen LogP contribution in [0, 0.1) is 11.7 Å². The van der Waals surface area contributed by atoms with Crippen molar-refractivity contribution in [2.24, 2.45) is 11.1 Å². The minimum absolute atomic E-state index is 0.150. The second-order valence-electron chi connectivity index (χ2n) is 8.39. The van der Waals surface area contributed by atoms with Crippen LogP contribution >= 0.6 is 11.6 Å². The fraction of sp³-hybridized carbons (Fsp3) is 0.458. The fourth-order valence-electron chi connectivity index (χ4n) is 3.51. The maximum atomic E-state index is 13.7. The van der Waals surface area contributed by atoms with E-state index >= 15 is 0 Å². The minimum Gasteiger partial charge on any atom is -0.390 e. The van der Waals surface area contributed by atoms with Crippen molar-refractivity contribution in [3.8, 4) is 0 Å². The smallest absolute Gasteiger partial charge is 0.145 e. The molecule has 168 valence electrons. The van der Waals surface area contributed by atoms with E-state index in [2.05, 4.69) is 23.9 Å². The molecule has 0 fully saturated rings. The number of rotatable bonds is 11. The summed E-state index contributed by atoms with van der Waals surface area (Å²) in [7, 11) is 0. The van der Waals surface area contributed by atoms with Gasteiger partial charge in [0.2, 0.25) is 0 Å². The van der Waals surface area contributed by atoms with Gasteiger partial charge in [0.1, 0.15) is 11.9 Å². The third-order valence-corrected chi connectivity index (χ3v) is 5.15. The largest absolute Gasteiger partial charge is 0.390 e. The molecule has 1 aliphatic heterocycles. The summed E-state index contributed by atoms with van der Waals surface area (Å²) in [5.74, 6) is 0.134. The molecule has 2 aromatic rings. The minimum atomic E-state index is -0.648. The van der Waals surface area contributed by atoms with Crippen LogP contribution in [0.2, 0.25) is 5.02 Å². The van der Waals surface area contributed by atoms with Gasteiger partial charge in [-0.2, -0.15) is 0 Å². The van der Waals surface area contributed by atoms with Gasteiger partial charge in [-0.05, 0) is 41.3 Å². The molecule has 0 spiro atoms. The Kier molecular flexibility index (Phi) is 8.84. The van der Waals surface area contributed by atoms with Gasteiger partial charge < -0.3 is 14.7 Å².